The molecule has 0 saturated heterocycles. The Bertz CT molecular complexity index is 951. The molecular formula is C20H28Br2N2O3S2. The summed E-state index contributed by atoms with van der Waals surface area (Å²) in [6.07, 6.45) is 0. The summed E-state index contributed by atoms with van der Waals surface area (Å²) in [5, 5.41) is 0. The lowest BCUT2D eigenvalue weighted by molar-refractivity contribution is 0.566. The summed E-state index contributed by atoms with van der Waals surface area (Å²) < 4.78 is 41.6. The first kappa shape index (κ1) is 26.1. The summed E-state index contributed by atoms with van der Waals surface area (Å²) in [5.74, 6) is 0. The van der Waals surface area contributed by atoms with Crippen molar-refractivity contribution in [1.82, 2.24) is 0 Å². The summed E-state index contributed by atoms with van der Waals surface area (Å²) in [4.78, 5) is 0. The highest BCUT2D eigenvalue weighted by atomic mass is 79.9. The monoisotopic (exact) mass is 566 g/mol. The van der Waals surface area contributed by atoms with Gasteiger partial charge in [0.15, 0.2) is 0 Å². The Hall–Kier alpha value is -0.900. The molecule has 0 aliphatic heterocycles. The van der Waals surface area contributed by atoms with Crippen LogP contribution >= 0.6 is 31.9 Å². The fourth-order valence-electron chi connectivity index (χ4n) is 1.67. The van der Waals surface area contributed by atoms with Crippen molar-refractivity contribution < 1.29 is 12.6 Å². The van der Waals surface area contributed by atoms with E-state index in [0.717, 1.165) is 14.6 Å². The van der Waals surface area contributed by atoms with E-state index >= 15 is 0 Å². The van der Waals surface area contributed by atoms with Crippen LogP contribution in [0.25, 0.3) is 0 Å². The van der Waals surface area contributed by atoms with Gasteiger partial charge in [-0.15, -0.1) is 0 Å². The number of sulfonamides is 1. The van der Waals surface area contributed by atoms with Gasteiger partial charge in [-0.25, -0.2) is 12.6 Å². The van der Waals surface area contributed by atoms with Gasteiger partial charge >= 0.3 is 0 Å². The number of hydrogen-bond acceptors (Lipinski definition) is 3. The van der Waals surface area contributed by atoms with Gasteiger partial charge < -0.3 is 4.72 Å². The second-order valence-corrected chi connectivity index (χ2v) is 14.5. The van der Waals surface area contributed by atoms with E-state index in [9.17, 15) is 12.6 Å². The van der Waals surface area contributed by atoms with E-state index in [-0.39, 0.29) is 4.75 Å². The Balaban J connectivity index is 0.000000291. The largest absolute Gasteiger partial charge is 0.305 e. The molecule has 2 aromatic carbocycles. The van der Waals surface area contributed by atoms with Gasteiger partial charge in [0.1, 0.15) is 11.0 Å². The quantitative estimate of drug-likeness (QED) is 0.454. The van der Waals surface area contributed by atoms with E-state index in [1.165, 1.54) is 0 Å². The van der Waals surface area contributed by atoms with Gasteiger partial charge in [0.2, 0.25) is 10.0 Å². The molecule has 29 heavy (non-hydrogen) atoms. The molecule has 2 aromatic rings. The number of anilines is 2. The fourth-order valence-corrected chi connectivity index (χ4v) is 3.86. The Labute approximate surface area is 194 Å². The Kier molecular flexibility index (Phi) is 9.39. The van der Waals surface area contributed by atoms with Crippen LogP contribution in [0.2, 0.25) is 0 Å². The maximum Gasteiger partial charge on any atom is 0.237 e. The molecule has 0 aliphatic rings. The minimum atomic E-state index is -3.34. The lowest BCUT2D eigenvalue weighted by atomic mass is 10.3. The molecule has 162 valence electrons. The summed E-state index contributed by atoms with van der Waals surface area (Å²) in [5.41, 5.74) is 1.44. The predicted molar refractivity (Wildman–Crippen MR) is 132 cm³/mol. The first-order valence-electron chi connectivity index (χ1n) is 8.84. The zero-order chi connectivity index (χ0) is 22.5. The molecular weight excluding hydrogens is 540 g/mol. The minimum Gasteiger partial charge on any atom is -0.305 e. The van der Waals surface area contributed by atoms with Gasteiger partial charge in [-0.05, 0) is 77.9 Å². The molecule has 0 heterocycles. The van der Waals surface area contributed by atoms with Crippen LogP contribution < -0.4 is 9.44 Å². The van der Waals surface area contributed by atoms with Crippen molar-refractivity contribution in [3.8, 4) is 0 Å². The van der Waals surface area contributed by atoms with E-state index in [1.807, 2.05) is 51.1 Å². The van der Waals surface area contributed by atoms with Crippen LogP contribution in [0.4, 0.5) is 11.4 Å². The average Bonchev–Trinajstić information content (AvgIpc) is 2.53. The van der Waals surface area contributed by atoms with Crippen molar-refractivity contribution in [2.45, 2.75) is 51.0 Å². The van der Waals surface area contributed by atoms with E-state index in [1.54, 1.807) is 39.0 Å². The van der Waals surface area contributed by atoms with Gasteiger partial charge in [0.05, 0.1) is 9.49 Å². The highest BCUT2D eigenvalue weighted by Gasteiger charge is 2.28. The summed E-state index contributed by atoms with van der Waals surface area (Å²) in [7, 11) is -4.41. The van der Waals surface area contributed by atoms with Gasteiger partial charge in [0.25, 0.3) is 0 Å². The van der Waals surface area contributed by atoms with Gasteiger partial charge in [-0.3, -0.25) is 4.72 Å². The lowest BCUT2D eigenvalue weighted by Crippen LogP contribution is -2.33. The topological polar surface area (TPSA) is 75.3 Å². The van der Waals surface area contributed by atoms with Crippen LogP contribution in [0.15, 0.2) is 57.5 Å². The van der Waals surface area contributed by atoms with Crippen molar-refractivity contribution in [3.05, 3.63) is 57.5 Å². The molecule has 0 bridgehead atoms. The highest BCUT2D eigenvalue weighted by molar-refractivity contribution is 9.10. The van der Waals surface area contributed by atoms with Crippen LogP contribution in [-0.2, 0) is 21.0 Å². The van der Waals surface area contributed by atoms with E-state index in [2.05, 4.69) is 41.3 Å². The molecule has 1 atom stereocenters. The lowest BCUT2D eigenvalue weighted by Gasteiger charge is -2.20. The van der Waals surface area contributed by atoms with Crippen molar-refractivity contribution in [3.63, 3.8) is 0 Å². The van der Waals surface area contributed by atoms with Crippen molar-refractivity contribution >= 4 is 64.2 Å². The molecule has 2 rings (SSSR count). The molecule has 0 aliphatic carbocycles. The van der Waals surface area contributed by atoms with Crippen LogP contribution in [0, 0.1) is 0 Å². The third kappa shape index (κ3) is 9.19. The van der Waals surface area contributed by atoms with E-state index in [0.29, 0.717) is 5.69 Å². The maximum absolute atomic E-state index is 11.8. The standard InChI is InChI=1S/C10H14BrNO2S.C10H14BrNOS/c1-10(2,3)15(13,14)12-9-6-4-5-8(11)7-9;1-10(2,3)14(13)12-9-6-4-5-8(11)7-9/h4-7,12H,1-3H3;4-7,12H,1-3H3. The molecule has 0 aromatic heterocycles. The van der Waals surface area contributed by atoms with Crippen LogP contribution in [-0.4, -0.2) is 22.1 Å². The summed E-state index contributed by atoms with van der Waals surface area (Å²) in [6, 6.07) is 14.7. The van der Waals surface area contributed by atoms with E-state index in [4.69, 9.17) is 0 Å². The summed E-state index contributed by atoms with van der Waals surface area (Å²) >= 11 is 6.65. The molecule has 1 unspecified atom stereocenters. The second kappa shape index (κ2) is 10.4. The number of halogens is 2. The SMILES string of the molecule is CC(C)(C)S(=O)(=O)Nc1cccc(Br)c1.CC(C)(C)S(=O)Nc1cccc(Br)c1. The molecule has 0 spiro atoms. The molecule has 0 radical (unpaired) electrons. The second-order valence-electron chi connectivity index (χ2n) is 8.22. The Morgan fingerprint density at radius 3 is 1.69 bits per heavy atom. The number of rotatable bonds is 4. The van der Waals surface area contributed by atoms with Crippen LogP contribution in [0.3, 0.4) is 0 Å². The number of nitrogens with one attached hydrogen (secondary N) is 2. The zero-order valence-electron chi connectivity index (χ0n) is 17.4. The van der Waals surface area contributed by atoms with Gasteiger partial charge in [-0.1, -0.05) is 44.0 Å². The summed E-state index contributed by atoms with van der Waals surface area (Å²) in [6.45, 7) is 10.8. The smallest absolute Gasteiger partial charge is 0.237 e. The molecule has 9 heteroatoms. The third-order valence-electron chi connectivity index (χ3n) is 3.47. The molecule has 0 fully saturated rings. The highest BCUT2D eigenvalue weighted by Crippen LogP contribution is 2.22. The van der Waals surface area contributed by atoms with Crippen LogP contribution in [0.1, 0.15) is 41.5 Å². The van der Waals surface area contributed by atoms with Crippen LogP contribution in [0.5, 0.6) is 0 Å². The van der Waals surface area contributed by atoms with Gasteiger partial charge in [0, 0.05) is 20.3 Å². The number of hydrogen-bond donors (Lipinski definition) is 2. The molecule has 0 saturated carbocycles. The van der Waals surface area contributed by atoms with Crippen molar-refractivity contribution in [2.75, 3.05) is 9.44 Å². The first-order chi connectivity index (χ1) is 13.1. The van der Waals surface area contributed by atoms with Crippen molar-refractivity contribution in [2.24, 2.45) is 0 Å². The van der Waals surface area contributed by atoms with E-state index < -0.39 is 25.8 Å². The third-order valence-corrected chi connectivity index (χ3v) is 8.11. The maximum atomic E-state index is 11.8. The first-order valence-corrected chi connectivity index (χ1v) is 13.1. The fraction of sp³-hybridized carbons (Fsp3) is 0.400. The molecule has 2 N–H and O–H groups in total. The zero-order valence-corrected chi connectivity index (χ0v) is 22.2. The van der Waals surface area contributed by atoms with Gasteiger partial charge in [-0.2, -0.15) is 0 Å². The Morgan fingerprint density at radius 2 is 1.28 bits per heavy atom. The number of benzene rings is 2. The normalized spacial score (nSPS) is 13.1. The molecule has 0 amide bonds. The average molecular weight is 568 g/mol. The van der Waals surface area contributed by atoms with Crippen molar-refractivity contribution in [1.29, 1.82) is 0 Å². The Morgan fingerprint density at radius 1 is 0.828 bits per heavy atom. The molecule has 5 nitrogen and oxygen atoms in total. The predicted octanol–water partition coefficient (Wildman–Crippen LogP) is 6.31. The minimum absolute atomic E-state index is 0.248.